The fraction of sp³-hybridized carbons (Fsp3) is 0.364. The largest absolute Gasteiger partial charge is 0.480 e. The van der Waals surface area contributed by atoms with E-state index in [0.29, 0.717) is 24.1 Å². The molecule has 7 heteroatoms. The van der Waals surface area contributed by atoms with E-state index in [1.807, 2.05) is 38.1 Å². The number of amides is 1. The first-order valence-electron chi connectivity index (χ1n) is 9.56. The summed E-state index contributed by atoms with van der Waals surface area (Å²) in [6.45, 7) is 4.01. The Kier molecular flexibility index (Phi) is 4.41. The number of carbonyl (C=O) groups is 3. The van der Waals surface area contributed by atoms with Crippen molar-refractivity contribution in [2.45, 2.75) is 45.7 Å². The van der Waals surface area contributed by atoms with Crippen LogP contribution in [0.3, 0.4) is 0 Å². The van der Waals surface area contributed by atoms with Crippen LogP contribution in [-0.2, 0) is 24.2 Å². The van der Waals surface area contributed by atoms with Gasteiger partial charge in [-0.3, -0.25) is 14.4 Å². The van der Waals surface area contributed by atoms with Gasteiger partial charge in [0.15, 0.2) is 5.78 Å². The Hall–Kier alpha value is -3.22. The predicted octanol–water partition coefficient (Wildman–Crippen LogP) is 2.18. The SMILES string of the molecule is CC1(C)CC(=O)c2cc(C(=O)N3Cc4ccccc4CC3C(=O)O)c(=O)[nH]c2C1. The molecule has 1 amide bonds. The van der Waals surface area contributed by atoms with E-state index in [2.05, 4.69) is 4.98 Å². The third kappa shape index (κ3) is 3.37. The third-order valence-electron chi connectivity index (χ3n) is 5.74. The highest BCUT2D eigenvalue weighted by Gasteiger charge is 2.37. The molecule has 0 saturated carbocycles. The van der Waals surface area contributed by atoms with Crippen molar-refractivity contribution in [1.29, 1.82) is 0 Å². The minimum atomic E-state index is -1.12. The van der Waals surface area contributed by atoms with E-state index in [-0.39, 0.29) is 29.7 Å². The van der Waals surface area contributed by atoms with Gasteiger partial charge in [-0.25, -0.2) is 4.79 Å². The summed E-state index contributed by atoms with van der Waals surface area (Å²) in [5, 5.41) is 9.66. The highest BCUT2D eigenvalue weighted by Crippen LogP contribution is 2.33. The minimum absolute atomic E-state index is 0.101. The summed E-state index contributed by atoms with van der Waals surface area (Å²) >= 11 is 0. The van der Waals surface area contributed by atoms with Crippen molar-refractivity contribution in [3.05, 3.63) is 68.6 Å². The standard InChI is InChI=1S/C22H22N2O5/c1-22(2)9-16-14(18(25)10-22)8-15(19(26)23-16)20(27)24-11-13-6-4-3-5-12(13)7-17(24)21(28)29/h3-6,8,17H,7,9-11H2,1-2H3,(H,23,26)(H,28,29). The summed E-state index contributed by atoms with van der Waals surface area (Å²) < 4.78 is 0. The number of carboxylic acids is 1. The summed E-state index contributed by atoms with van der Waals surface area (Å²) in [7, 11) is 0. The van der Waals surface area contributed by atoms with Gasteiger partial charge in [0.05, 0.1) is 0 Å². The van der Waals surface area contributed by atoms with Gasteiger partial charge >= 0.3 is 5.97 Å². The van der Waals surface area contributed by atoms with Gasteiger partial charge in [0.2, 0.25) is 0 Å². The molecule has 0 spiro atoms. The fourth-order valence-electron chi connectivity index (χ4n) is 4.30. The second kappa shape index (κ2) is 6.69. The second-order valence-corrected chi connectivity index (χ2v) is 8.61. The lowest BCUT2D eigenvalue weighted by Gasteiger charge is -2.34. The van der Waals surface area contributed by atoms with Gasteiger partial charge in [-0.05, 0) is 29.0 Å². The Labute approximate surface area is 167 Å². The topological polar surface area (TPSA) is 108 Å². The summed E-state index contributed by atoms with van der Waals surface area (Å²) in [5.74, 6) is -1.92. The number of aliphatic carboxylic acids is 1. The number of aromatic amines is 1. The van der Waals surface area contributed by atoms with E-state index in [1.54, 1.807) is 0 Å². The summed E-state index contributed by atoms with van der Waals surface area (Å²) in [6, 6.07) is 7.62. The van der Waals surface area contributed by atoms with Gasteiger partial charge in [0, 0.05) is 30.6 Å². The van der Waals surface area contributed by atoms with Crippen molar-refractivity contribution in [2.24, 2.45) is 5.41 Å². The number of nitrogens with zero attached hydrogens (tertiary/aromatic N) is 1. The van der Waals surface area contributed by atoms with Gasteiger partial charge in [-0.15, -0.1) is 0 Å². The molecule has 1 aromatic heterocycles. The zero-order chi connectivity index (χ0) is 20.9. The minimum Gasteiger partial charge on any atom is -0.480 e. The molecule has 1 unspecified atom stereocenters. The molecule has 1 aliphatic heterocycles. The molecule has 2 aromatic rings. The van der Waals surface area contributed by atoms with Crippen molar-refractivity contribution in [1.82, 2.24) is 9.88 Å². The molecule has 1 aliphatic carbocycles. The molecular formula is C22H22N2O5. The highest BCUT2D eigenvalue weighted by molar-refractivity contribution is 6.02. The van der Waals surface area contributed by atoms with Crippen LogP contribution in [0.2, 0.25) is 0 Å². The van der Waals surface area contributed by atoms with E-state index in [4.69, 9.17) is 0 Å². The van der Waals surface area contributed by atoms with Crippen LogP contribution in [-0.4, -0.2) is 38.7 Å². The molecule has 150 valence electrons. The van der Waals surface area contributed by atoms with E-state index < -0.39 is 23.5 Å². The maximum absolute atomic E-state index is 13.2. The van der Waals surface area contributed by atoms with Gasteiger partial charge in [0.25, 0.3) is 11.5 Å². The Morgan fingerprint density at radius 1 is 1.14 bits per heavy atom. The Morgan fingerprint density at radius 2 is 1.83 bits per heavy atom. The van der Waals surface area contributed by atoms with Crippen LogP contribution < -0.4 is 5.56 Å². The first kappa shape index (κ1) is 19.1. The summed E-state index contributed by atoms with van der Waals surface area (Å²) in [5.41, 5.74) is 1.56. The number of carboxylic acid groups (broad SMARTS) is 1. The highest BCUT2D eigenvalue weighted by atomic mass is 16.4. The zero-order valence-electron chi connectivity index (χ0n) is 16.3. The predicted molar refractivity (Wildman–Crippen MR) is 105 cm³/mol. The zero-order valence-corrected chi connectivity index (χ0v) is 16.3. The molecule has 0 fully saturated rings. The monoisotopic (exact) mass is 394 g/mol. The van der Waals surface area contributed by atoms with E-state index in [9.17, 15) is 24.3 Å². The van der Waals surface area contributed by atoms with Crippen LogP contribution in [0.1, 0.15) is 57.8 Å². The molecule has 4 rings (SSSR count). The lowest BCUT2D eigenvalue weighted by atomic mass is 9.75. The van der Waals surface area contributed by atoms with E-state index in [1.165, 1.54) is 11.0 Å². The molecule has 2 heterocycles. The number of hydrogen-bond donors (Lipinski definition) is 2. The number of H-pyrrole nitrogens is 1. The number of benzene rings is 1. The molecule has 7 nitrogen and oxygen atoms in total. The number of fused-ring (bicyclic) bond motifs is 2. The molecule has 0 bridgehead atoms. The van der Waals surface area contributed by atoms with Gasteiger partial charge in [-0.1, -0.05) is 38.1 Å². The molecule has 0 radical (unpaired) electrons. The lowest BCUT2D eigenvalue weighted by Crippen LogP contribution is -2.49. The molecule has 1 aromatic carbocycles. The quantitative estimate of drug-likeness (QED) is 0.812. The van der Waals surface area contributed by atoms with Gasteiger partial charge in [-0.2, -0.15) is 0 Å². The molecule has 29 heavy (non-hydrogen) atoms. The lowest BCUT2D eigenvalue weighted by molar-refractivity contribution is -0.142. The van der Waals surface area contributed by atoms with Crippen molar-refractivity contribution in [3.8, 4) is 0 Å². The molecule has 1 atom stereocenters. The number of carbonyl (C=O) groups excluding carboxylic acids is 2. The number of Topliss-reactive ketones (excluding diaryl/α,β-unsaturated/α-hetero) is 1. The van der Waals surface area contributed by atoms with Crippen LogP contribution >= 0.6 is 0 Å². The number of hydrogen-bond acceptors (Lipinski definition) is 4. The van der Waals surface area contributed by atoms with Crippen molar-refractivity contribution in [2.75, 3.05) is 0 Å². The first-order valence-corrected chi connectivity index (χ1v) is 9.56. The van der Waals surface area contributed by atoms with Gasteiger partial charge in [0.1, 0.15) is 11.6 Å². The van der Waals surface area contributed by atoms with Crippen molar-refractivity contribution < 1.29 is 19.5 Å². The molecule has 2 aliphatic rings. The second-order valence-electron chi connectivity index (χ2n) is 8.61. The first-order chi connectivity index (χ1) is 13.7. The van der Waals surface area contributed by atoms with Crippen LogP contribution in [0.4, 0.5) is 0 Å². The summed E-state index contributed by atoms with van der Waals surface area (Å²) in [4.78, 5) is 54.1. The molecular weight excluding hydrogens is 372 g/mol. The van der Waals surface area contributed by atoms with Crippen LogP contribution in [0, 0.1) is 5.41 Å². The smallest absolute Gasteiger partial charge is 0.326 e. The summed E-state index contributed by atoms with van der Waals surface area (Å²) in [6.07, 6.45) is 1.04. The Bertz CT molecular complexity index is 1100. The molecule has 2 N–H and O–H groups in total. The normalized spacial score (nSPS) is 20.0. The van der Waals surface area contributed by atoms with Crippen LogP contribution in [0.15, 0.2) is 35.1 Å². The average Bonchev–Trinajstić information content (AvgIpc) is 2.65. The number of aromatic nitrogens is 1. The van der Waals surface area contributed by atoms with E-state index in [0.717, 1.165) is 11.1 Å². The third-order valence-corrected chi connectivity index (χ3v) is 5.74. The maximum atomic E-state index is 13.2. The molecule has 0 saturated heterocycles. The van der Waals surface area contributed by atoms with E-state index >= 15 is 0 Å². The number of rotatable bonds is 2. The van der Waals surface area contributed by atoms with Crippen LogP contribution in [0.5, 0.6) is 0 Å². The number of ketones is 1. The van der Waals surface area contributed by atoms with Crippen LogP contribution in [0.25, 0.3) is 0 Å². The number of pyridine rings is 1. The Morgan fingerprint density at radius 3 is 2.52 bits per heavy atom. The maximum Gasteiger partial charge on any atom is 0.326 e. The van der Waals surface area contributed by atoms with Crippen molar-refractivity contribution >= 4 is 17.7 Å². The van der Waals surface area contributed by atoms with Crippen molar-refractivity contribution in [3.63, 3.8) is 0 Å². The Balaban J connectivity index is 1.75. The van der Waals surface area contributed by atoms with Gasteiger partial charge < -0.3 is 15.0 Å². The average molecular weight is 394 g/mol. The number of nitrogens with one attached hydrogen (secondary N) is 1. The fourth-order valence-corrected chi connectivity index (χ4v) is 4.30.